The van der Waals surface area contributed by atoms with Crippen LogP contribution in [0.2, 0.25) is 0 Å². The Balaban J connectivity index is 2.84. The summed E-state index contributed by atoms with van der Waals surface area (Å²) in [6.07, 6.45) is 2.02. The van der Waals surface area contributed by atoms with Gasteiger partial charge in [0.05, 0.1) is 6.26 Å². The van der Waals surface area contributed by atoms with E-state index < -0.39 is 17.4 Å². The van der Waals surface area contributed by atoms with Gasteiger partial charge in [0, 0.05) is 0 Å². The highest BCUT2D eigenvalue weighted by atomic mass is 16.4. The number of rotatable bonds is 5. The van der Waals surface area contributed by atoms with Crippen molar-refractivity contribution >= 4 is 11.9 Å². The van der Waals surface area contributed by atoms with Gasteiger partial charge in [0.15, 0.2) is 5.76 Å². The Kier molecular flexibility index (Phi) is 3.71. The molecule has 1 aromatic heterocycles. The molecule has 0 aliphatic carbocycles. The van der Waals surface area contributed by atoms with Crippen LogP contribution in [0.3, 0.4) is 0 Å². The number of carboxylic acids is 1. The average Bonchev–Trinajstić information content (AvgIpc) is 2.78. The monoisotopic (exact) mass is 225 g/mol. The molecule has 0 fully saturated rings. The maximum Gasteiger partial charge on any atom is 0.329 e. The number of furan rings is 1. The van der Waals surface area contributed by atoms with E-state index in [9.17, 15) is 9.59 Å². The normalized spacial score (nSPS) is 11.1. The molecule has 0 atom stereocenters. The Morgan fingerprint density at radius 1 is 1.44 bits per heavy atom. The molecule has 0 aliphatic rings. The fourth-order valence-electron chi connectivity index (χ4n) is 1.47. The third-order valence-electron chi connectivity index (χ3n) is 2.71. The molecule has 0 aliphatic heterocycles. The molecule has 1 rings (SSSR count). The number of hydrogen-bond acceptors (Lipinski definition) is 3. The van der Waals surface area contributed by atoms with Gasteiger partial charge in [-0.1, -0.05) is 13.8 Å². The number of hydrogen-bond donors (Lipinski definition) is 2. The summed E-state index contributed by atoms with van der Waals surface area (Å²) in [5.74, 6) is -1.42. The predicted octanol–water partition coefficient (Wildman–Crippen LogP) is 1.65. The van der Waals surface area contributed by atoms with E-state index >= 15 is 0 Å². The highest BCUT2D eigenvalue weighted by Gasteiger charge is 2.37. The Labute approximate surface area is 93.4 Å². The summed E-state index contributed by atoms with van der Waals surface area (Å²) < 4.78 is 4.90. The van der Waals surface area contributed by atoms with Crippen molar-refractivity contribution in [3.8, 4) is 0 Å². The van der Waals surface area contributed by atoms with Crippen molar-refractivity contribution in [1.82, 2.24) is 5.32 Å². The van der Waals surface area contributed by atoms with Crippen molar-refractivity contribution in [2.24, 2.45) is 0 Å². The highest BCUT2D eigenvalue weighted by Crippen LogP contribution is 2.16. The molecule has 1 aromatic rings. The van der Waals surface area contributed by atoms with Gasteiger partial charge < -0.3 is 14.8 Å². The van der Waals surface area contributed by atoms with Crippen molar-refractivity contribution in [2.75, 3.05) is 0 Å². The van der Waals surface area contributed by atoms with Gasteiger partial charge in [-0.25, -0.2) is 4.79 Å². The summed E-state index contributed by atoms with van der Waals surface area (Å²) in [5, 5.41) is 11.6. The van der Waals surface area contributed by atoms with Crippen LogP contribution in [0.5, 0.6) is 0 Å². The summed E-state index contributed by atoms with van der Waals surface area (Å²) in [6, 6.07) is 3.07. The van der Waals surface area contributed by atoms with E-state index in [1.54, 1.807) is 19.9 Å². The molecule has 0 saturated carbocycles. The van der Waals surface area contributed by atoms with Gasteiger partial charge in [-0.15, -0.1) is 0 Å². The minimum Gasteiger partial charge on any atom is -0.480 e. The van der Waals surface area contributed by atoms with Crippen molar-refractivity contribution in [3.63, 3.8) is 0 Å². The minimum absolute atomic E-state index is 0.118. The zero-order valence-corrected chi connectivity index (χ0v) is 9.32. The first-order valence-corrected chi connectivity index (χ1v) is 5.15. The molecular weight excluding hydrogens is 210 g/mol. The number of carbonyl (C=O) groups is 2. The first kappa shape index (κ1) is 12.3. The van der Waals surface area contributed by atoms with Crippen LogP contribution in [0.15, 0.2) is 22.8 Å². The average molecular weight is 225 g/mol. The summed E-state index contributed by atoms with van der Waals surface area (Å²) >= 11 is 0. The second-order valence-corrected chi connectivity index (χ2v) is 3.53. The smallest absolute Gasteiger partial charge is 0.329 e. The fourth-order valence-corrected chi connectivity index (χ4v) is 1.47. The quantitative estimate of drug-likeness (QED) is 0.798. The van der Waals surface area contributed by atoms with Crippen molar-refractivity contribution in [1.29, 1.82) is 0 Å². The molecule has 0 bridgehead atoms. The second-order valence-electron chi connectivity index (χ2n) is 3.53. The lowest BCUT2D eigenvalue weighted by Gasteiger charge is -2.27. The van der Waals surface area contributed by atoms with Crippen LogP contribution in [-0.4, -0.2) is 22.5 Å². The number of carbonyl (C=O) groups excluding carboxylic acids is 1. The lowest BCUT2D eigenvalue weighted by Crippen LogP contribution is -2.53. The highest BCUT2D eigenvalue weighted by molar-refractivity contribution is 5.95. The van der Waals surface area contributed by atoms with Crippen molar-refractivity contribution in [3.05, 3.63) is 24.2 Å². The molecule has 0 saturated heterocycles. The minimum atomic E-state index is -1.22. The van der Waals surface area contributed by atoms with Gasteiger partial charge in [-0.3, -0.25) is 4.79 Å². The lowest BCUT2D eigenvalue weighted by atomic mass is 9.93. The van der Waals surface area contributed by atoms with E-state index in [1.807, 2.05) is 0 Å². The zero-order chi connectivity index (χ0) is 12.2. The molecule has 0 aromatic carbocycles. The Bertz CT molecular complexity index is 365. The first-order chi connectivity index (χ1) is 7.55. The van der Waals surface area contributed by atoms with E-state index in [-0.39, 0.29) is 5.76 Å². The summed E-state index contributed by atoms with van der Waals surface area (Å²) in [6.45, 7) is 3.44. The van der Waals surface area contributed by atoms with E-state index in [0.29, 0.717) is 12.8 Å². The van der Waals surface area contributed by atoms with Crippen LogP contribution < -0.4 is 5.32 Å². The van der Waals surface area contributed by atoms with Crippen LogP contribution in [0.1, 0.15) is 37.2 Å². The molecule has 5 heteroatoms. The molecule has 1 heterocycles. The number of aliphatic carboxylic acids is 1. The molecule has 2 N–H and O–H groups in total. The van der Waals surface area contributed by atoms with E-state index in [2.05, 4.69) is 5.32 Å². The molecule has 0 radical (unpaired) electrons. The Hall–Kier alpha value is -1.78. The topological polar surface area (TPSA) is 79.5 Å². The third kappa shape index (κ3) is 2.24. The van der Waals surface area contributed by atoms with Crippen LogP contribution in [0, 0.1) is 0 Å². The van der Waals surface area contributed by atoms with E-state index in [0.717, 1.165) is 0 Å². The van der Waals surface area contributed by atoms with Crippen LogP contribution in [-0.2, 0) is 4.79 Å². The number of amides is 1. The van der Waals surface area contributed by atoms with Crippen molar-refractivity contribution in [2.45, 2.75) is 32.2 Å². The molecule has 88 valence electrons. The standard InChI is InChI=1S/C11H15NO4/c1-3-11(4-2,10(14)15)12-9(13)8-6-5-7-16-8/h5-7H,3-4H2,1-2H3,(H,12,13)(H,14,15). The molecule has 0 spiro atoms. The van der Waals surface area contributed by atoms with Gasteiger partial charge in [-0.05, 0) is 25.0 Å². The zero-order valence-electron chi connectivity index (χ0n) is 9.32. The van der Waals surface area contributed by atoms with Gasteiger partial charge in [0.1, 0.15) is 5.54 Å². The first-order valence-electron chi connectivity index (χ1n) is 5.15. The second kappa shape index (κ2) is 4.83. The summed E-state index contributed by atoms with van der Waals surface area (Å²) in [4.78, 5) is 22.8. The van der Waals surface area contributed by atoms with E-state index in [4.69, 9.17) is 9.52 Å². The van der Waals surface area contributed by atoms with E-state index in [1.165, 1.54) is 12.3 Å². The van der Waals surface area contributed by atoms with Crippen LogP contribution in [0.25, 0.3) is 0 Å². The van der Waals surface area contributed by atoms with Crippen LogP contribution in [0.4, 0.5) is 0 Å². The Morgan fingerprint density at radius 2 is 2.06 bits per heavy atom. The molecule has 5 nitrogen and oxygen atoms in total. The van der Waals surface area contributed by atoms with Crippen LogP contribution >= 0.6 is 0 Å². The predicted molar refractivity (Wildman–Crippen MR) is 57.1 cm³/mol. The lowest BCUT2D eigenvalue weighted by molar-refractivity contribution is -0.144. The van der Waals surface area contributed by atoms with Gasteiger partial charge in [-0.2, -0.15) is 0 Å². The number of nitrogens with one attached hydrogen (secondary N) is 1. The SMILES string of the molecule is CCC(CC)(NC(=O)c1ccco1)C(=O)O. The fraction of sp³-hybridized carbons (Fsp3) is 0.455. The maximum absolute atomic E-state index is 11.7. The summed E-state index contributed by atoms with van der Waals surface area (Å²) in [5.41, 5.74) is -1.22. The summed E-state index contributed by atoms with van der Waals surface area (Å²) in [7, 11) is 0. The largest absolute Gasteiger partial charge is 0.480 e. The third-order valence-corrected chi connectivity index (χ3v) is 2.71. The number of carboxylic acid groups (broad SMARTS) is 1. The van der Waals surface area contributed by atoms with Gasteiger partial charge in [0.2, 0.25) is 0 Å². The molecule has 16 heavy (non-hydrogen) atoms. The molecule has 1 amide bonds. The Morgan fingerprint density at radius 3 is 2.44 bits per heavy atom. The maximum atomic E-state index is 11.7. The molecule has 0 unspecified atom stereocenters. The van der Waals surface area contributed by atoms with Crippen molar-refractivity contribution < 1.29 is 19.1 Å². The van der Waals surface area contributed by atoms with Gasteiger partial charge >= 0.3 is 5.97 Å². The molecular formula is C11H15NO4. The van der Waals surface area contributed by atoms with Gasteiger partial charge in [0.25, 0.3) is 5.91 Å².